The predicted molar refractivity (Wildman–Crippen MR) is 137 cm³/mol. The Kier molecular flexibility index (Phi) is 6.44. The third-order valence-corrected chi connectivity index (χ3v) is 8.45. The third kappa shape index (κ3) is 4.68. The molecule has 3 aromatic carbocycles. The highest BCUT2D eigenvalue weighted by Crippen LogP contribution is 2.25. The Bertz CT molecular complexity index is 1670. The maximum absolute atomic E-state index is 13.3. The Balaban J connectivity index is 1.36. The van der Waals surface area contributed by atoms with Crippen LogP contribution in [0.1, 0.15) is 11.5 Å². The molecular formula is C25H22N4O5S2. The quantitative estimate of drug-likeness (QED) is 0.303. The van der Waals surface area contributed by atoms with Gasteiger partial charge in [-0.2, -0.15) is 9.29 Å². The zero-order chi connectivity index (χ0) is 25.3. The lowest BCUT2D eigenvalue weighted by Gasteiger charge is -2.15. The van der Waals surface area contributed by atoms with Crippen molar-refractivity contribution in [2.45, 2.75) is 18.0 Å². The van der Waals surface area contributed by atoms with Gasteiger partial charge in [-0.15, -0.1) is 0 Å². The first-order valence-corrected chi connectivity index (χ1v) is 13.2. The molecule has 184 valence electrons. The van der Waals surface area contributed by atoms with Crippen molar-refractivity contribution in [1.29, 1.82) is 0 Å². The Labute approximate surface area is 211 Å². The molecule has 2 heterocycles. The number of hydrogen-bond acceptors (Lipinski definition) is 8. The molecule has 0 spiro atoms. The normalized spacial score (nSPS) is 11.9. The second kappa shape index (κ2) is 9.69. The molecule has 0 aliphatic heterocycles. The lowest BCUT2D eigenvalue weighted by Crippen LogP contribution is -2.26. The van der Waals surface area contributed by atoms with Crippen molar-refractivity contribution in [2.24, 2.45) is 0 Å². The van der Waals surface area contributed by atoms with Crippen LogP contribution < -0.4 is 9.61 Å². The van der Waals surface area contributed by atoms with E-state index in [0.717, 1.165) is 26.8 Å². The van der Waals surface area contributed by atoms with Gasteiger partial charge in [0.25, 0.3) is 0 Å². The Hall–Kier alpha value is -3.80. The van der Waals surface area contributed by atoms with Gasteiger partial charge in [-0.3, -0.25) is 9.36 Å². The fourth-order valence-corrected chi connectivity index (χ4v) is 5.91. The SMILES string of the molecule is COc1ccc(-c2noc(CN(C)S(=O)(=O)c3ccc4c(c3)sc(=O)n4Cc3ccccc3)n2)cc1. The zero-order valence-electron chi connectivity index (χ0n) is 19.5. The molecule has 0 aliphatic carbocycles. The highest BCUT2D eigenvalue weighted by molar-refractivity contribution is 7.89. The molecule has 11 heteroatoms. The molecule has 0 amide bonds. The number of fused-ring (bicyclic) bond motifs is 1. The number of hydrogen-bond donors (Lipinski definition) is 0. The summed E-state index contributed by atoms with van der Waals surface area (Å²) in [6.45, 7) is 0.314. The minimum Gasteiger partial charge on any atom is -0.497 e. The van der Waals surface area contributed by atoms with E-state index in [0.29, 0.717) is 28.3 Å². The third-order valence-electron chi connectivity index (χ3n) is 5.71. The highest BCUT2D eigenvalue weighted by Gasteiger charge is 2.24. The number of rotatable bonds is 8. The maximum Gasteiger partial charge on any atom is 0.308 e. The van der Waals surface area contributed by atoms with Crippen LogP contribution in [0.2, 0.25) is 0 Å². The highest BCUT2D eigenvalue weighted by atomic mass is 32.2. The van der Waals surface area contributed by atoms with E-state index >= 15 is 0 Å². The molecule has 0 radical (unpaired) electrons. The van der Waals surface area contributed by atoms with Gasteiger partial charge in [0.2, 0.25) is 21.7 Å². The summed E-state index contributed by atoms with van der Waals surface area (Å²) in [5, 5.41) is 3.95. The van der Waals surface area contributed by atoms with E-state index in [9.17, 15) is 13.2 Å². The molecule has 0 saturated heterocycles. The lowest BCUT2D eigenvalue weighted by molar-refractivity contribution is 0.337. The summed E-state index contributed by atoms with van der Waals surface area (Å²) >= 11 is 1.02. The fraction of sp³-hybridized carbons (Fsp3) is 0.160. The molecule has 0 unspecified atom stereocenters. The number of benzene rings is 3. The van der Waals surface area contributed by atoms with Gasteiger partial charge in [-0.05, 0) is 48.0 Å². The van der Waals surface area contributed by atoms with Crippen molar-refractivity contribution in [2.75, 3.05) is 14.2 Å². The first-order valence-electron chi connectivity index (χ1n) is 11.0. The van der Waals surface area contributed by atoms with Gasteiger partial charge in [0.1, 0.15) is 5.75 Å². The number of thiazole rings is 1. The molecule has 0 saturated carbocycles. The second-order valence-electron chi connectivity index (χ2n) is 8.07. The Morgan fingerprint density at radius 1 is 1.06 bits per heavy atom. The fourth-order valence-electron chi connectivity index (χ4n) is 3.75. The van der Waals surface area contributed by atoms with E-state index in [2.05, 4.69) is 10.1 Å². The van der Waals surface area contributed by atoms with Crippen LogP contribution in [0.3, 0.4) is 0 Å². The van der Waals surface area contributed by atoms with Gasteiger partial charge in [0.15, 0.2) is 0 Å². The zero-order valence-corrected chi connectivity index (χ0v) is 21.1. The minimum absolute atomic E-state index is 0.0838. The van der Waals surface area contributed by atoms with Crippen LogP contribution in [0.5, 0.6) is 5.75 Å². The smallest absolute Gasteiger partial charge is 0.308 e. The molecule has 5 rings (SSSR count). The summed E-state index contributed by atoms with van der Waals surface area (Å²) in [5.74, 6) is 1.21. The minimum atomic E-state index is -3.87. The molecule has 0 N–H and O–H groups in total. The van der Waals surface area contributed by atoms with Gasteiger partial charge in [0, 0.05) is 12.6 Å². The van der Waals surface area contributed by atoms with Gasteiger partial charge in [0.05, 0.1) is 35.3 Å². The van der Waals surface area contributed by atoms with Crippen molar-refractivity contribution in [3.05, 3.63) is 93.9 Å². The van der Waals surface area contributed by atoms with Crippen LogP contribution in [0, 0.1) is 0 Å². The average molecular weight is 523 g/mol. The van der Waals surface area contributed by atoms with Crippen LogP contribution in [0.25, 0.3) is 21.6 Å². The van der Waals surface area contributed by atoms with E-state index in [-0.39, 0.29) is 22.2 Å². The number of methoxy groups -OCH3 is 1. The molecule has 9 nitrogen and oxygen atoms in total. The number of sulfonamides is 1. The van der Waals surface area contributed by atoms with E-state index in [4.69, 9.17) is 9.26 Å². The van der Waals surface area contributed by atoms with Crippen LogP contribution in [-0.4, -0.2) is 41.6 Å². The van der Waals surface area contributed by atoms with E-state index < -0.39 is 10.0 Å². The molecule has 0 aliphatic rings. The largest absolute Gasteiger partial charge is 0.497 e. The topological polar surface area (TPSA) is 108 Å². The number of ether oxygens (including phenoxy) is 1. The van der Waals surface area contributed by atoms with Crippen molar-refractivity contribution < 1.29 is 17.7 Å². The summed E-state index contributed by atoms with van der Waals surface area (Å²) in [6.07, 6.45) is 0. The van der Waals surface area contributed by atoms with Gasteiger partial charge >= 0.3 is 4.87 Å². The van der Waals surface area contributed by atoms with E-state index in [1.54, 1.807) is 42.0 Å². The van der Waals surface area contributed by atoms with Crippen molar-refractivity contribution >= 4 is 31.6 Å². The average Bonchev–Trinajstić information content (AvgIpc) is 3.48. The van der Waals surface area contributed by atoms with Crippen LogP contribution >= 0.6 is 11.3 Å². The molecule has 36 heavy (non-hydrogen) atoms. The predicted octanol–water partition coefficient (Wildman–Crippen LogP) is 3.99. The molecule has 0 atom stereocenters. The standard InChI is InChI=1S/C25H22N4O5S2/c1-28(16-23-26-24(27-34-23)18-8-10-19(33-2)11-9-18)36(31,32)20-12-13-21-22(14-20)35-25(30)29(21)15-17-6-4-3-5-7-17/h3-14H,15-16H2,1-2H3. The van der Waals surface area contributed by atoms with Gasteiger partial charge in [-0.1, -0.05) is 46.8 Å². The van der Waals surface area contributed by atoms with Gasteiger partial charge in [-0.25, -0.2) is 8.42 Å². The van der Waals surface area contributed by atoms with Crippen LogP contribution in [-0.2, 0) is 23.1 Å². The first-order chi connectivity index (χ1) is 17.3. The maximum atomic E-state index is 13.3. The molecule has 0 fully saturated rings. The van der Waals surface area contributed by atoms with Crippen molar-refractivity contribution in [1.82, 2.24) is 19.0 Å². The van der Waals surface area contributed by atoms with Crippen LogP contribution in [0.15, 0.2) is 87.0 Å². The summed E-state index contributed by atoms with van der Waals surface area (Å²) in [4.78, 5) is 16.9. The van der Waals surface area contributed by atoms with E-state index in [1.807, 2.05) is 30.3 Å². The van der Waals surface area contributed by atoms with Crippen molar-refractivity contribution in [3.8, 4) is 17.1 Å². The molecule has 0 bridgehead atoms. The Morgan fingerprint density at radius 2 is 1.81 bits per heavy atom. The van der Waals surface area contributed by atoms with Crippen LogP contribution in [0.4, 0.5) is 0 Å². The van der Waals surface area contributed by atoms with E-state index in [1.165, 1.54) is 19.2 Å². The monoisotopic (exact) mass is 522 g/mol. The van der Waals surface area contributed by atoms with Crippen molar-refractivity contribution in [3.63, 3.8) is 0 Å². The molecule has 5 aromatic rings. The second-order valence-corrected chi connectivity index (χ2v) is 11.1. The summed E-state index contributed by atoms with van der Waals surface area (Å²) in [7, 11) is -0.847. The summed E-state index contributed by atoms with van der Waals surface area (Å²) < 4.78 is 40.3. The number of aromatic nitrogens is 3. The summed E-state index contributed by atoms with van der Waals surface area (Å²) in [6, 6.07) is 21.5. The number of nitrogens with zero attached hydrogens (tertiary/aromatic N) is 4. The first kappa shape index (κ1) is 23.9. The molecular weight excluding hydrogens is 500 g/mol. The van der Waals surface area contributed by atoms with Gasteiger partial charge < -0.3 is 9.26 Å². The Morgan fingerprint density at radius 3 is 2.53 bits per heavy atom. The lowest BCUT2D eigenvalue weighted by atomic mass is 10.2. The summed E-state index contributed by atoms with van der Waals surface area (Å²) in [5.41, 5.74) is 2.40. The molecule has 2 aromatic heterocycles.